The molecule has 1 unspecified atom stereocenters. The Morgan fingerprint density at radius 3 is 2.83 bits per heavy atom. The van der Waals surface area contributed by atoms with Gasteiger partial charge in [-0.25, -0.2) is 4.79 Å². The van der Waals surface area contributed by atoms with Crippen molar-refractivity contribution in [3.05, 3.63) is 23.8 Å². The van der Waals surface area contributed by atoms with E-state index in [0.29, 0.717) is 16.9 Å². The van der Waals surface area contributed by atoms with Crippen LogP contribution in [0.2, 0.25) is 0 Å². The predicted molar refractivity (Wildman–Crippen MR) is 74.8 cm³/mol. The first-order valence-corrected chi connectivity index (χ1v) is 6.33. The van der Waals surface area contributed by atoms with Gasteiger partial charge in [-0.15, -0.1) is 0 Å². The van der Waals surface area contributed by atoms with Crippen molar-refractivity contribution in [3.8, 4) is 0 Å². The molecule has 3 N–H and O–H groups in total. The zero-order chi connectivity index (χ0) is 13.5. The van der Waals surface area contributed by atoms with Crippen LogP contribution in [0.15, 0.2) is 18.2 Å². The minimum absolute atomic E-state index is 0.276. The minimum Gasteiger partial charge on any atom is -0.465 e. The second-order valence-corrected chi connectivity index (χ2v) is 4.45. The van der Waals surface area contributed by atoms with Gasteiger partial charge in [-0.3, -0.25) is 0 Å². The van der Waals surface area contributed by atoms with E-state index in [1.165, 1.54) is 7.11 Å². The number of esters is 1. The molecule has 0 spiro atoms. The van der Waals surface area contributed by atoms with Gasteiger partial charge in [0.2, 0.25) is 0 Å². The molecule has 0 heterocycles. The zero-order valence-electron chi connectivity index (χ0n) is 11.3. The monoisotopic (exact) mass is 250 g/mol. The van der Waals surface area contributed by atoms with Crippen molar-refractivity contribution in [2.75, 3.05) is 18.2 Å². The molecule has 0 aromatic heterocycles. The van der Waals surface area contributed by atoms with Gasteiger partial charge in [0.15, 0.2) is 0 Å². The standard InChI is InChI=1S/C14H22N2O2/c1-4-5-7-10(2)16-13-11(14(17)18-3)8-6-9-12(13)15/h6,8-10,16H,4-5,7,15H2,1-3H3. The van der Waals surface area contributed by atoms with E-state index >= 15 is 0 Å². The van der Waals surface area contributed by atoms with Gasteiger partial charge < -0.3 is 15.8 Å². The minimum atomic E-state index is -0.368. The maximum Gasteiger partial charge on any atom is 0.340 e. The number of rotatable bonds is 6. The van der Waals surface area contributed by atoms with Crippen LogP contribution in [0, 0.1) is 0 Å². The summed E-state index contributed by atoms with van der Waals surface area (Å²) in [6, 6.07) is 5.53. The molecule has 0 aliphatic heterocycles. The van der Waals surface area contributed by atoms with Crippen molar-refractivity contribution in [2.45, 2.75) is 39.2 Å². The Kier molecular flexibility index (Phi) is 5.49. The van der Waals surface area contributed by atoms with E-state index in [-0.39, 0.29) is 12.0 Å². The molecule has 1 aromatic rings. The van der Waals surface area contributed by atoms with Crippen LogP contribution in [0.3, 0.4) is 0 Å². The van der Waals surface area contributed by atoms with Gasteiger partial charge in [-0.05, 0) is 25.5 Å². The Morgan fingerprint density at radius 1 is 1.50 bits per heavy atom. The molecule has 0 saturated carbocycles. The Hall–Kier alpha value is -1.71. The van der Waals surface area contributed by atoms with Crippen molar-refractivity contribution in [1.29, 1.82) is 0 Å². The van der Waals surface area contributed by atoms with E-state index in [1.807, 2.05) is 0 Å². The number of nitrogens with two attached hydrogens (primary N) is 1. The summed E-state index contributed by atoms with van der Waals surface area (Å²) in [7, 11) is 1.37. The van der Waals surface area contributed by atoms with Crippen molar-refractivity contribution >= 4 is 17.3 Å². The number of ether oxygens (including phenoxy) is 1. The Morgan fingerprint density at radius 2 is 2.22 bits per heavy atom. The van der Waals surface area contributed by atoms with Crippen LogP contribution < -0.4 is 11.1 Å². The average Bonchev–Trinajstić information content (AvgIpc) is 2.37. The molecule has 0 amide bonds. The SMILES string of the molecule is CCCCC(C)Nc1c(N)cccc1C(=O)OC. The van der Waals surface area contributed by atoms with Crippen LogP contribution in [-0.2, 0) is 4.74 Å². The summed E-state index contributed by atoms with van der Waals surface area (Å²) in [4.78, 5) is 11.7. The lowest BCUT2D eigenvalue weighted by molar-refractivity contribution is 0.0602. The third kappa shape index (κ3) is 3.65. The third-order valence-corrected chi connectivity index (χ3v) is 2.88. The normalized spacial score (nSPS) is 11.9. The van der Waals surface area contributed by atoms with Crippen molar-refractivity contribution in [3.63, 3.8) is 0 Å². The van der Waals surface area contributed by atoms with Crippen LogP contribution in [-0.4, -0.2) is 19.1 Å². The molecule has 0 saturated heterocycles. The highest BCUT2D eigenvalue weighted by atomic mass is 16.5. The highest BCUT2D eigenvalue weighted by Crippen LogP contribution is 2.25. The highest BCUT2D eigenvalue weighted by molar-refractivity contribution is 5.98. The number of unbranched alkanes of at least 4 members (excludes halogenated alkanes) is 1. The molecular formula is C14H22N2O2. The van der Waals surface area contributed by atoms with Gasteiger partial charge in [0.1, 0.15) is 0 Å². The Bertz CT molecular complexity index is 405. The second-order valence-electron chi connectivity index (χ2n) is 4.45. The molecular weight excluding hydrogens is 228 g/mol. The van der Waals surface area contributed by atoms with Gasteiger partial charge in [0, 0.05) is 6.04 Å². The van der Waals surface area contributed by atoms with Crippen LogP contribution in [0.5, 0.6) is 0 Å². The Labute approximate surface area is 109 Å². The van der Waals surface area contributed by atoms with E-state index in [0.717, 1.165) is 19.3 Å². The van der Waals surface area contributed by atoms with E-state index in [4.69, 9.17) is 10.5 Å². The van der Waals surface area contributed by atoms with Crippen molar-refractivity contribution in [2.24, 2.45) is 0 Å². The smallest absolute Gasteiger partial charge is 0.340 e. The second kappa shape index (κ2) is 6.89. The van der Waals surface area contributed by atoms with E-state index in [9.17, 15) is 4.79 Å². The van der Waals surface area contributed by atoms with Crippen LogP contribution in [0.25, 0.3) is 0 Å². The quantitative estimate of drug-likeness (QED) is 0.601. The number of carbonyl (C=O) groups excluding carboxylic acids is 1. The molecule has 0 aliphatic rings. The Balaban J connectivity index is 2.89. The maximum absolute atomic E-state index is 11.7. The summed E-state index contributed by atoms with van der Waals surface area (Å²) in [5, 5.41) is 3.30. The number of nitrogens with one attached hydrogen (secondary N) is 1. The van der Waals surface area contributed by atoms with E-state index < -0.39 is 0 Å². The zero-order valence-corrected chi connectivity index (χ0v) is 11.3. The first kappa shape index (κ1) is 14.4. The number of nitrogen functional groups attached to an aromatic ring is 1. The third-order valence-electron chi connectivity index (χ3n) is 2.88. The lowest BCUT2D eigenvalue weighted by Crippen LogP contribution is -2.19. The fourth-order valence-corrected chi connectivity index (χ4v) is 1.84. The van der Waals surface area contributed by atoms with E-state index in [1.54, 1.807) is 18.2 Å². The molecule has 100 valence electrons. The number of methoxy groups -OCH3 is 1. The van der Waals surface area contributed by atoms with Gasteiger partial charge in [-0.1, -0.05) is 25.8 Å². The van der Waals surface area contributed by atoms with Gasteiger partial charge >= 0.3 is 5.97 Å². The molecule has 4 nitrogen and oxygen atoms in total. The van der Waals surface area contributed by atoms with Crippen molar-refractivity contribution < 1.29 is 9.53 Å². The average molecular weight is 250 g/mol. The number of hydrogen-bond acceptors (Lipinski definition) is 4. The molecule has 4 heteroatoms. The topological polar surface area (TPSA) is 64.3 Å². The van der Waals surface area contributed by atoms with Crippen molar-refractivity contribution in [1.82, 2.24) is 0 Å². The molecule has 1 rings (SSSR count). The fourth-order valence-electron chi connectivity index (χ4n) is 1.84. The number of hydrogen-bond donors (Lipinski definition) is 2. The van der Waals surface area contributed by atoms with Crippen LogP contribution in [0.1, 0.15) is 43.5 Å². The van der Waals surface area contributed by atoms with Crippen LogP contribution in [0.4, 0.5) is 11.4 Å². The van der Waals surface area contributed by atoms with E-state index in [2.05, 4.69) is 19.2 Å². The lowest BCUT2D eigenvalue weighted by atomic mass is 10.1. The van der Waals surface area contributed by atoms with Gasteiger partial charge in [0.25, 0.3) is 0 Å². The number of carbonyl (C=O) groups is 1. The summed E-state index contributed by atoms with van der Waals surface area (Å²) in [5.41, 5.74) is 7.65. The molecule has 1 atom stereocenters. The summed E-state index contributed by atoms with van der Waals surface area (Å²) >= 11 is 0. The summed E-state index contributed by atoms with van der Waals surface area (Å²) in [6.45, 7) is 4.24. The first-order chi connectivity index (χ1) is 8.60. The number of para-hydroxylation sites is 1. The molecule has 1 aromatic carbocycles. The summed E-state index contributed by atoms with van der Waals surface area (Å²) < 4.78 is 4.76. The fraction of sp³-hybridized carbons (Fsp3) is 0.500. The molecule has 0 aliphatic carbocycles. The highest BCUT2D eigenvalue weighted by Gasteiger charge is 2.15. The number of benzene rings is 1. The van der Waals surface area contributed by atoms with Gasteiger partial charge in [-0.2, -0.15) is 0 Å². The van der Waals surface area contributed by atoms with Gasteiger partial charge in [0.05, 0.1) is 24.0 Å². The number of anilines is 2. The molecule has 0 bridgehead atoms. The van der Waals surface area contributed by atoms with Crippen LogP contribution >= 0.6 is 0 Å². The largest absolute Gasteiger partial charge is 0.465 e. The predicted octanol–water partition coefficient (Wildman–Crippen LogP) is 3.05. The molecule has 0 fully saturated rings. The summed E-state index contributed by atoms with van der Waals surface area (Å²) in [6.07, 6.45) is 3.35. The molecule has 0 radical (unpaired) electrons. The lowest BCUT2D eigenvalue weighted by Gasteiger charge is -2.18. The maximum atomic E-state index is 11.7. The first-order valence-electron chi connectivity index (χ1n) is 6.33. The molecule has 18 heavy (non-hydrogen) atoms. The summed E-state index contributed by atoms with van der Waals surface area (Å²) in [5.74, 6) is -0.368.